The number of carbonyl (C=O) groups is 1. The average Bonchev–Trinajstić information content (AvgIpc) is 2.98. The molecule has 2 nitrogen and oxygen atoms in total. The molecule has 3 heteroatoms. The number of hydrogen-bond acceptors (Lipinski definition) is 3. The van der Waals surface area contributed by atoms with Gasteiger partial charge in [0.05, 0.1) is 4.90 Å². The molecule has 0 unspecified atom stereocenters. The summed E-state index contributed by atoms with van der Waals surface area (Å²) < 4.78 is 5.76. The maximum Gasteiger partial charge on any atom is 0.165 e. The van der Waals surface area contributed by atoms with Crippen molar-refractivity contribution >= 4 is 17.5 Å². The number of thioether (sulfide) groups is 1. The number of ketones is 1. The molecule has 0 atom stereocenters. The Morgan fingerprint density at radius 1 is 1.44 bits per heavy atom. The molecule has 1 heterocycles. The summed E-state index contributed by atoms with van der Waals surface area (Å²) in [5.41, 5.74) is 0.843. The van der Waals surface area contributed by atoms with Gasteiger partial charge in [0.1, 0.15) is 5.75 Å². The van der Waals surface area contributed by atoms with E-state index in [-0.39, 0.29) is 4.93 Å². The summed E-state index contributed by atoms with van der Waals surface area (Å²) in [6, 6.07) is 5.80. The fourth-order valence-corrected chi connectivity index (χ4v) is 3.01. The molecule has 1 fully saturated rings. The molecule has 84 valence electrons. The second kappa shape index (κ2) is 3.27. The van der Waals surface area contributed by atoms with E-state index in [0.29, 0.717) is 11.7 Å². The second-order valence-corrected chi connectivity index (χ2v) is 6.53. The minimum absolute atomic E-state index is 0.205. The molecule has 0 spiro atoms. The molecule has 0 radical (unpaired) electrons. The molecule has 0 saturated heterocycles. The number of benzene rings is 1. The lowest BCUT2D eigenvalue weighted by atomic mass is 10.1. The zero-order valence-electron chi connectivity index (χ0n) is 9.45. The molecule has 0 aromatic heterocycles. The van der Waals surface area contributed by atoms with E-state index in [4.69, 9.17) is 4.74 Å². The van der Waals surface area contributed by atoms with Crippen LogP contribution >= 0.6 is 11.8 Å². The van der Waals surface area contributed by atoms with Gasteiger partial charge in [0.2, 0.25) is 0 Å². The first-order valence-corrected chi connectivity index (χ1v) is 6.43. The predicted octanol–water partition coefficient (Wildman–Crippen LogP) is 3.50. The summed E-state index contributed by atoms with van der Waals surface area (Å²) in [5, 5.41) is 0. The van der Waals surface area contributed by atoms with Crippen LogP contribution in [0.1, 0.15) is 37.0 Å². The smallest absolute Gasteiger partial charge is 0.165 e. The summed E-state index contributed by atoms with van der Waals surface area (Å²) in [5.74, 6) is 1.49. The molecule has 1 aliphatic heterocycles. The number of hydrogen-bond donors (Lipinski definition) is 0. The lowest BCUT2D eigenvalue weighted by Gasteiger charge is -2.15. The van der Waals surface area contributed by atoms with E-state index in [2.05, 4.69) is 0 Å². The standard InChI is InChI=1S/C13H14O2S/c1-13(2)15-10-6-5-9(7-11(10)16-13)12(14)8-3-4-8/h5-8H,3-4H2,1-2H3. The Balaban J connectivity index is 1.92. The van der Waals surface area contributed by atoms with Gasteiger partial charge in [-0.05, 0) is 44.9 Å². The van der Waals surface area contributed by atoms with Crippen LogP contribution in [0.2, 0.25) is 0 Å². The Hall–Kier alpha value is -0.960. The average molecular weight is 234 g/mol. The van der Waals surface area contributed by atoms with E-state index in [1.54, 1.807) is 11.8 Å². The van der Waals surface area contributed by atoms with Crippen LogP contribution in [-0.4, -0.2) is 10.7 Å². The van der Waals surface area contributed by atoms with Crippen LogP contribution in [-0.2, 0) is 0 Å². The monoisotopic (exact) mass is 234 g/mol. The molecular formula is C13H14O2S. The van der Waals surface area contributed by atoms with Gasteiger partial charge in [0, 0.05) is 11.5 Å². The van der Waals surface area contributed by atoms with Crippen LogP contribution in [0.5, 0.6) is 5.75 Å². The molecule has 1 aromatic carbocycles. The van der Waals surface area contributed by atoms with E-state index in [1.165, 1.54) is 0 Å². The quantitative estimate of drug-likeness (QED) is 0.733. The van der Waals surface area contributed by atoms with Crippen molar-refractivity contribution in [3.8, 4) is 5.75 Å². The SMILES string of the molecule is CC1(C)Oc2ccc(C(=O)C3CC3)cc2S1. The molecule has 16 heavy (non-hydrogen) atoms. The maximum absolute atomic E-state index is 11.9. The normalized spacial score (nSPS) is 21.4. The Morgan fingerprint density at radius 3 is 2.88 bits per heavy atom. The Labute approximate surface area is 99.4 Å². The lowest BCUT2D eigenvalue weighted by molar-refractivity contribution is 0.0967. The highest BCUT2D eigenvalue weighted by Gasteiger charge is 2.34. The summed E-state index contributed by atoms with van der Waals surface area (Å²) in [6.07, 6.45) is 2.12. The number of ether oxygens (including phenoxy) is 1. The fraction of sp³-hybridized carbons (Fsp3) is 0.462. The predicted molar refractivity (Wildman–Crippen MR) is 64.1 cm³/mol. The van der Waals surface area contributed by atoms with Gasteiger partial charge in [-0.1, -0.05) is 11.8 Å². The van der Waals surface area contributed by atoms with Crippen LogP contribution in [0, 0.1) is 5.92 Å². The van der Waals surface area contributed by atoms with Gasteiger partial charge in [0.25, 0.3) is 0 Å². The fourth-order valence-electron chi connectivity index (χ4n) is 1.96. The Kier molecular flexibility index (Phi) is 2.08. The zero-order chi connectivity index (χ0) is 11.3. The molecule has 1 aliphatic carbocycles. The first-order chi connectivity index (χ1) is 7.55. The summed E-state index contributed by atoms with van der Waals surface area (Å²) in [6.45, 7) is 4.08. The molecular weight excluding hydrogens is 220 g/mol. The maximum atomic E-state index is 11.9. The number of fused-ring (bicyclic) bond motifs is 1. The van der Waals surface area contributed by atoms with E-state index >= 15 is 0 Å². The van der Waals surface area contributed by atoms with Gasteiger partial charge >= 0.3 is 0 Å². The highest BCUT2D eigenvalue weighted by atomic mass is 32.2. The zero-order valence-corrected chi connectivity index (χ0v) is 10.3. The van der Waals surface area contributed by atoms with Crippen molar-refractivity contribution in [3.63, 3.8) is 0 Å². The third-order valence-electron chi connectivity index (χ3n) is 2.89. The van der Waals surface area contributed by atoms with Crippen LogP contribution in [0.25, 0.3) is 0 Å². The van der Waals surface area contributed by atoms with Crippen LogP contribution < -0.4 is 4.74 Å². The van der Waals surface area contributed by atoms with Gasteiger partial charge in [-0.15, -0.1) is 0 Å². The van der Waals surface area contributed by atoms with Crippen molar-refractivity contribution in [1.29, 1.82) is 0 Å². The van der Waals surface area contributed by atoms with Gasteiger partial charge in [-0.3, -0.25) is 4.79 Å². The number of Topliss-reactive ketones (excluding diaryl/α,β-unsaturated/α-hetero) is 1. The minimum Gasteiger partial charge on any atom is -0.476 e. The minimum atomic E-state index is -0.205. The lowest BCUT2D eigenvalue weighted by Crippen LogP contribution is -2.17. The largest absolute Gasteiger partial charge is 0.476 e. The third-order valence-corrected chi connectivity index (χ3v) is 4.00. The molecule has 0 amide bonds. The van der Waals surface area contributed by atoms with E-state index < -0.39 is 0 Å². The molecule has 0 bridgehead atoms. The summed E-state index contributed by atoms with van der Waals surface area (Å²) >= 11 is 1.68. The molecule has 1 saturated carbocycles. The summed E-state index contributed by atoms with van der Waals surface area (Å²) in [7, 11) is 0. The molecule has 1 aromatic rings. The van der Waals surface area contributed by atoms with E-state index in [0.717, 1.165) is 29.1 Å². The topological polar surface area (TPSA) is 26.3 Å². The van der Waals surface area contributed by atoms with Crippen molar-refractivity contribution in [2.45, 2.75) is 36.5 Å². The van der Waals surface area contributed by atoms with Crippen molar-refractivity contribution < 1.29 is 9.53 Å². The van der Waals surface area contributed by atoms with Crippen LogP contribution in [0.4, 0.5) is 0 Å². The second-order valence-electron chi connectivity index (χ2n) is 4.90. The first kappa shape index (κ1) is 10.2. The highest BCUT2D eigenvalue weighted by Crippen LogP contribution is 2.47. The van der Waals surface area contributed by atoms with Crippen molar-refractivity contribution in [2.24, 2.45) is 5.92 Å². The highest BCUT2D eigenvalue weighted by molar-refractivity contribution is 8.00. The Morgan fingerprint density at radius 2 is 2.19 bits per heavy atom. The number of rotatable bonds is 2. The first-order valence-electron chi connectivity index (χ1n) is 5.61. The molecule has 0 N–H and O–H groups in total. The number of carbonyl (C=O) groups excluding carboxylic acids is 1. The van der Waals surface area contributed by atoms with Crippen LogP contribution in [0.15, 0.2) is 23.1 Å². The van der Waals surface area contributed by atoms with Crippen molar-refractivity contribution in [1.82, 2.24) is 0 Å². The molecule has 2 aliphatic rings. The third kappa shape index (κ3) is 1.73. The van der Waals surface area contributed by atoms with Gasteiger partial charge in [-0.2, -0.15) is 0 Å². The van der Waals surface area contributed by atoms with Crippen molar-refractivity contribution in [2.75, 3.05) is 0 Å². The van der Waals surface area contributed by atoms with E-state index in [9.17, 15) is 4.79 Å². The Bertz CT molecular complexity index is 461. The summed E-state index contributed by atoms with van der Waals surface area (Å²) in [4.78, 5) is 12.8. The van der Waals surface area contributed by atoms with Gasteiger partial charge in [0.15, 0.2) is 10.7 Å². The van der Waals surface area contributed by atoms with Crippen molar-refractivity contribution in [3.05, 3.63) is 23.8 Å². The van der Waals surface area contributed by atoms with Gasteiger partial charge < -0.3 is 4.74 Å². The van der Waals surface area contributed by atoms with Crippen LogP contribution in [0.3, 0.4) is 0 Å². The van der Waals surface area contributed by atoms with Gasteiger partial charge in [-0.25, -0.2) is 0 Å². The van der Waals surface area contributed by atoms with E-state index in [1.807, 2.05) is 32.0 Å². The molecule has 3 rings (SSSR count).